The summed E-state index contributed by atoms with van der Waals surface area (Å²) in [5, 5.41) is 13.2. The highest BCUT2D eigenvalue weighted by Gasteiger charge is 2.26. The molecule has 0 heterocycles. The van der Waals surface area contributed by atoms with E-state index in [1.165, 1.54) is 0 Å². The molecule has 0 saturated heterocycles. The normalized spacial score (nSPS) is 13.7. The fourth-order valence-corrected chi connectivity index (χ4v) is 2.32. The quantitative estimate of drug-likeness (QED) is 0.843. The summed E-state index contributed by atoms with van der Waals surface area (Å²) in [7, 11) is 0. The molecule has 2 heteroatoms. The minimum absolute atomic E-state index is 0.0298. The summed E-state index contributed by atoms with van der Waals surface area (Å²) in [5.74, 6) is 6.55. The maximum atomic E-state index is 9.73. The number of rotatable bonds is 4. The van der Waals surface area contributed by atoms with E-state index in [9.17, 15) is 5.11 Å². The molecular formula is C21H25NO. The summed E-state index contributed by atoms with van der Waals surface area (Å²) in [6.45, 7) is 6.44. The highest BCUT2D eigenvalue weighted by atomic mass is 16.3. The molecule has 23 heavy (non-hydrogen) atoms. The van der Waals surface area contributed by atoms with Gasteiger partial charge in [0.05, 0.1) is 12.6 Å². The molecule has 0 aliphatic rings. The summed E-state index contributed by atoms with van der Waals surface area (Å²) in [4.78, 5) is 0. The van der Waals surface area contributed by atoms with Crippen LogP contribution >= 0.6 is 0 Å². The Balaban J connectivity index is 2.28. The fourth-order valence-electron chi connectivity index (χ4n) is 2.32. The topological polar surface area (TPSA) is 32.3 Å². The third kappa shape index (κ3) is 5.25. The molecule has 120 valence electrons. The second-order valence-electron chi connectivity index (χ2n) is 6.75. The van der Waals surface area contributed by atoms with Gasteiger partial charge in [-0.3, -0.25) is 5.32 Å². The van der Waals surface area contributed by atoms with Crippen molar-refractivity contribution in [3.8, 4) is 11.8 Å². The van der Waals surface area contributed by atoms with E-state index in [1.807, 2.05) is 48.5 Å². The van der Waals surface area contributed by atoms with Crippen LogP contribution in [0.15, 0.2) is 60.7 Å². The van der Waals surface area contributed by atoms with Gasteiger partial charge < -0.3 is 5.11 Å². The molecule has 0 spiro atoms. The lowest BCUT2D eigenvalue weighted by molar-refractivity contribution is 0.154. The largest absolute Gasteiger partial charge is 0.395 e. The first kappa shape index (κ1) is 17.3. The Morgan fingerprint density at radius 1 is 0.957 bits per heavy atom. The molecule has 2 rings (SSSR count). The minimum atomic E-state index is -0.118. The molecular weight excluding hydrogens is 282 g/mol. The Bertz CT molecular complexity index is 647. The number of aliphatic hydroxyl groups excluding tert-OH is 1. The predicted octanol–water partition coefficient (Wildman–Crippen LogP) is 3.78. The van der Waals surface area contributed by atoms with E-state index in [4.69, 9.17) is 0 Å². The van der Waals surface area contributed by atoms with Crippen molar-refractivity contribution in [2.24, 2.45) is 5.41 Å². The first-order valence-corrected chi connectivity index (χ1v) is 7.99. The van der Waals surface area contributed by atoms with Crippen molar-refractivity contribution in [3.63, 3.8) is 0 Å². The fraction of sp³-hybridized carbons (Fsp3) is 0.333. The van der Waals surface area contributed by atoms with E-state index in [-0.39, 0.29) is 24.1 Å². The zero-order valence-corrected chi connectivity index (χ0v) is 14.1. The van der Waals surface area contributed by atoms with Crippen LogP contribution in [-0.4, -0.2) is 17.8 Å². The van der Waals surface area contributed by atoms with Gasteiger partial charge in [0.25, 0.3) is 0 Å². The van der Waals surface area contributed by atoms with Crippen LogP contribution in [0.2, 0.25) is 0 Å². The molecule has 0 aliphatic heterocycles. The molecule has 0 radical (unpaired) electrons. The maximum Gasteiger partial charge on any atom is 0.0952 e. The molecule has 2 N–H and O–H groups in total. The first-order valence-electron chi connectivity index (χ1n) is 7.99. The summed E-state index contributed by atoms with van der Waals surface area (Å²) < 4.78 is 0. The molecule has 1 unspecified atom stereocenters. The Morgan fingerprint density at radius 3 is 2.04 bits per heavy atom. The minimum Gasteiger partial charge on any atom is -0.395 e. The van der Waals surface area contributed by atoms with E-state index < -0.39 is 0 Å². The maximum absolute atomic E-state index is 9.73. The molecule has 0 saturated carbocycles. The molecule has 0 fully saturated rings. The molecule has 0 amide bonds. The molecule has 2 nitrogen and oxygen atoms in total. The number of hydrogen-bond acceptors (Lipinski definition) is 2. The van der Waals surface area contributed by atoms with Crippen molar-refractivity contribution in [1.29, 1.82) is 0 Å². The van der Waals surface area contributed by atoms with Crippen molar-refractivity contribution in [2.45, 2.75) is 32.9 Å². The average Bonchev–Trinajstić information content (AvgIpc) is 2.55. The van der Waals surface area contributed by atoms with Gasteiger partial charge in [-0.25, -0.2) is 0 Å². The standard InChI is InChI=1S/C21H25NO/c1-21(2,3)20(16-23)22-19(18-12-8-5-9-13-18)15-14-17-10-6-4-7-11-17/h4-13,19-20,22-23H,16H2,1-3H3/t19?,20-/m1/s1. The molecule has 0 aromatic heterocycles. The van der Waals surface area contributed by atoms with Crippen LogP contribution in [0.1, 0.15) is 37.9 Å². The molecule has 2 aromatic rings. The van der Waals surface area contributed by atoms with E-state index in [0.29, 0.717) is 0 Å². The average molecular weight is 307 g/mol. The van der Waals surface area contributed by atoms with Crippen LogP contribution in [0, 0.1) is 17.3 Å². The van der Waals surface area contributed by atoms with Gasteiger partial charge in [-0.1, -0.05) is 81.1 Å². The van der Waals surface area contributed by atoms with Gasteiger partial charge in [-0.15, -0.1) is 0 Å². The summed E-state index contributed by atoms with van der Waals surface area (Å²) in [6, 6.07) is 20.0. The van der Waals surface area contributed by atoms with Gasteiger partial charge in [0.1, 0.15) is 0 Å². The number of benzene rings is 2. The van der Waals surface area contributed by atoms with Crippen molar-refractivity contribution in [1.82, 2.24) is 5.32 Å². The van der Waals surface area contributed by atoms with E-state index in [2.05, 4.69) is 50.1 Å². The van der Waals surface area contributed by atoms with Gasteiger partial charge in [-0.2, -0.15) is 0 Å². The summed E-state index contributed by atoms with van der Waals surface area (Å²) in [5.41, 5.74) is 2.06. The lowest BCUT2D eigenvalue weighted by Crippen LogP contribution is -2.44. The highest BCUT2D eigenvalue weighted by molar-refractivity contribution is 5.37. The van der Waals surface area contributed by atoms with Gasteiger partial charge in [0, 0.05) is 11.6 Å². The van der Waals surface area contributed by atoms with Crippen LogP contribution in [-0.2, 0) is 0 Å². The van der Waals surface area contributed by atoms with Gasteiger partial charge in [0.15, 0.2) is 0 Å². The number of aliphatic hydroxyl groups is 1. The first-order chi connectivity index (χ1) is 11.0. The van der Waals surface area contributed by atoms with Crippen molar-refractivity contribution in [2.75, 3.05) is 6.61 Å². The third-order valence-electron chi connectivity index (χ3n) is 3.86. The lowest BCUT2D eigenvalue weighted by Gasteiger charge is -2.32. The molecule has 0 bridgehead atoms. The Morgan fingerprint density at radius 2 is 1.52 bits per heavy atom. The molecule has 0 aliphatic carbocycles. The van der Waals surface area contributed by atoms with Crippen LogP contribution in [0.4, 0.5) is 0 Å². The van der Waals surface area contributed by atoms with Gasteiger partial charge >= 0.3 is 0 Å². The van der Waals surface area contributed by atoms with Crippen LogP contribution in [0.25, 0.3) is 0 Å². The lowest BCUT2D eigenvalue weighted by atomic mass is 9.86. The highest BCUT2D eigenvalue weighted by Crippen LogP contribution is 2.22. The second kappa shape index (κ2) is 7.97. The van der Waals surface area contributed by atoms with Gasteiger partial charge in [-0.05, 0) is 23.1 Å². The van der Waals surface area contributed by atoms with Crippen LogP contribution in [0.3, 0.4) is 0 Å². The molecule has 2 aromatic carbocycles. The summed E-state index contributed by atoms with van der Waals surface area (Å²) in [6.07, 6.45) is 0. The zero-order valence-electron chi connectivity index (χ0n) is 14.1. The van der Waals surface area contributed by atoms with Crippen molar-refractivity contribution in [3.05, 3.63) is 71.8 Å². The SMILES string of the molecule is CC(C)(C)[C@@H](CO)NC(C#Cc1ccccc1)c1ccccc1. The third-order valence-corrected chi connectivity index (χ3v) is 3.86. The monoisotopic (exact) mass is 307 g/mol. The van der Waals surface area contributed by atoms with Crippen LogP contribution < -0.4 is 5.32 Å². The predicted molar refractivity (Wildman–Crippen MR) is 96.0 cm³/mol. The smallest absolute Gasteiger partial charge is 0.0952 e. The number of nitrogens with one attached hydrogen (secondary N) is 1. The van der Waals surface area contributed by atoms with E-state index in [1.54, 1.807) is 0 Å². The van der Waals surface area contributed by atoms with E-state index >= 15 is 0 Å². The van der Waals surface area contributed by atoms with Gasteiger partial charge in [0.2, 0.25) is 0 Å². The summed E-state index contributed by atoms with van der Waals surface area (Å²) >= 11 is 0. The Labute approximate surface area is 139 Å². The second-order valence-corrected chi connectivity index (χ2v) is 6.75. The van der Waals surface area contributed by atoms with Crippen LogP contribution in [0.5, 0.6) is 0 Å². The Kier molecular flexibility index (Phi) is 5.98. The van der Waals surface area contributed by atoms with Crippen molar-refractivity contribution >= 4 is 0 Å². The van der Waals surface area contributed by atoms with Crippen molar-refractivity contribution < 1.29 is 5.11 Å². The van der Waals surface area contributed by atoms with E-state index in [0.717, 1.165) is 11.1 Å². The Hall–Kier alpha value is -2.08. The zero-order chi connectivity index (χ0) is 16.7. The molecule has 2 atom stereocenters. The number of hydrogen-bond donors (Lipinski definition) is 2.